The SMILES string of the molecule is Cl.NC1C2CCCC1CC(C(=O)NC1CC1c1c(F)cccc1F)C2. The van der Waals surface area contributed by atoms with E-state index in [1.807, 2.05) is 0 Å². The van der Waals surface area contributed by atoms with Gasteiger partial charge < -0.3 is 11.1 Å². The molecule has 4 unspecified atom stereocenters. The van der Waals surface area contributed by atoms with Gasteiger partial charge in [0.15, 0.2) is 0 Å². The van der Waals surface area contributed by atoms with E-state index in [-0.39, 0.29) is 47.8 Å². The molecule has 1 aromatic carbocycles. The molecule has 3 saturated carbocycles. The molecular weight excluding hydrogens is 346 g/mol. The zero-order valence-electron chi connectivity index (χ0n) is 14.1. The van der Waals surface area contributed by atoms with Gasteiger partial charge in [-0.3, -0.25) is 4.79 Å². The molecule has 4 rings (SSSR count). The van der Waals surface area contributed by atoms with Gasteiger partial charge in [-0.2, -0.15) is 0 Å². The molecular formula is C19H25ClF2N2O. The molecule has 3 aliphatic carbocycles. The maximum Gasteiger partial charge on any atom is 0.223 e. The molecule has 0 heterocycles. The van der Waals surface area contributed by atoms with E-state index in [4.69, 9.17) is 5.73 Å². The fraction of sp³-hybridized carbons (Fsp3) is 0.632. The first-order chi connectivity index (χ1) is 11.5. The summed E-state index contributed by atoms with van der Waals surface area (Å²) in [5.41, 5.74) is 6.39. The van der Waals surface area contributed by atoms with Crippen molar-refractivity contribution in [2.24, 2.45) is 23.5 Å². The Morgan fingerprint density at radius 3 is 2.28 bits per heavy atom. The summed E-state index contributed by atoms with van der Waals surface area (Å²) in [5.74, 6) is -0.320. The lowest BCUT2D eigenvalue weighted by molar-refractivity contribution is -0.128. The van der Waals surface area contributed by atoms with Crippen LogP contribution in [0.4, 0.5) is 8.78 Å². The molecule has 0 saturated heterocycles. The lowest BCUT2D eigenvalue weighted by atomic mass is 9.65. The van der Waals surface area contributed by atoms with Crippen molar-refractivity contribution in [3.05, 3.63) is 35.4 Å². The van der Waals surface area contributed by atoms with Crippen LogP contribution >= 0.6 is 12.4 Å². The van der Waals surface area contributed by atoms with Crippen molar-refractivity contribution in [1.82, 2.24) is 5.32 Å². The van der Waals surface area contributed by atoms with Gasteiger partial charge in [0, 0.05) is 29.5 Å². The molecule has 0 radical (unpaired) electrons. The van der Waals surface area contributed by atoms with Crippen LogP contribution in [0.5, 0.6) is 0 Å². The average Bonchev–Trinajstić information content (AvgIpc) is 3.25. The van der Waals surface area contributed by atoms with E-state index in [0.717, 1.165) is 25.7 Å². The number of amides is 1. The summed E-state index contributed by atoms with van der Waals surface area (Å²) in [4.78, 5) is 12.6. The zero-order valence-corrected chi connectivity index (χ0v) is 14.9. The Labute approximate surface area is 153 Å². The van der Waals surface area contributed by atoms with Crippen LogP contribution in [-0.4, -0.2) is 18.0 Å². The molecule has 4 atom stereocenters. The van der Waals surface area contributed by atoms with Gasteiger partial charge >= 0.3 is 0 Å². The Hall–Kier alpha value is -1.20. The van der Waals surface area contributed by atoms with Gasteiger partial charge in [-0.25, -0.2) is 8.78 Å². The highest BCUT2D eigenvalue weighted by Crippen LogP contribution is 2.45. The van der Waals surface area contributed by atoms with E-state index in [1.165, 1.54) is 24.6 Å². The highest BCUT2D eigenvalue weighted by molar-refractivity contribution is 5.85. The molecule has 3 fully saturated rings. The number of hydrogen-bond donors (Lipinski definition) is 2. The Bertz CT molecular complexity index is 622. The van der Waals surface area contributed by atoms with Crippen LogP contribution in [0.3, 0.4) is 0 Å². The molecule has 138 valence electrons. The summed E-state index contributed by atoms with van der Waals surface area (Å²) >= 11 is 0. The van der Waals surface area contributed by atoms with Gasteiger partial charge in [0.1, 0.15) is 11.6 Å². The third kappa shape index (κ3) is 3.54. The molecule has 1 amide bonds. The standard InChI is InChI=1S/C19H24F2N2O.ClH/c20-14-5-2-6-15(21)17(14)13-9-16(13)23-19(24)12-7-10-3-1-4-11(8-12)18(10)22;/h2,5-6,10-13,16,18H,1,3-4,7-9,22H2,(H,23,24);1H. The summed E-state index contributed by atoms with van der Waals surface area (Å²) < 4.78 is 27.7. The van der Waals surface area contributed by atoms with Crippen LogP contribution in [0.2, 0.25) is 0 Å². The molecule has 6 heteroatoms. The predicted molar refractivity (Wildman–Crippen MR) is 94.4 cm³/mol. The Balaban J connectivity index is 0.00000182. The van der Waals surface area contributed by atoms with Crippen LogP contribution in [0.1, 0.15) is 50.0 Å². The minimum atomic E-state index is -0.519. The number of nitrogens with two attached hydrogens (primary N) is 1. The molecule has 3 aliphatic rings. The molecule has 3 N–H and O–H groups in total. The Kier molecular flexibility index (Phi) is 5.35. The largest absolute Gasteiger partial charge is 0.352 e. The van der Waals surface area contributed by atoms with E-state index in [1.54, 1.807) is 0 Å². The van der Waals surface area contributed by atoms with Gasteiger partial charge in [-0.15, -0.1) is 12.4 Å². The van der Waals surface area contributed by atoms with Crippen LogP contribution in [0, 0.1) is 29.4 Å². The summed E-state index contributed by atoms with van der Waals surface area (Å²) in [6.07, 6.45) is 5.78. The monoisotopic (exact) mass is 370 g/mol. The second kappa shape index (κ2) is 7.20. The summed E-state index contributed by atoms with van der Waals surface area (Å²) in [6.45, 7) is 0. The number of carbonyl (C=O) groups excluding carboxylic acids is 1. The van der Waals surface area contributed by atoms with Crippen molar-refractivity contribution < 1.29 is 13.6 Å². The molecule has 2 bridgehead atoms. The second-order valence-electron chi connectivity index (χ2n) is 7.79. The van der Waals surface area contributed by atoms with Crippen molar-refractivity contribution in [3.8, 4) is 0 Å². The van der Waals surface area contributed by atoms with E-state index >= 15 is 0 Å². The number of fused-ring (bicyclic) bond motifs is 2. The van der Waals surface area contributed by atoms with Crippen LogP contribution in [0.25, 0.3) is 0 Å². The first-order valence-corrected chi connectivity index (χ1v) is 9.04. The lowest BCUT2D eigenvalue weighted by Crippen LogP contribution is -2.49. The highest BCUT2D eigenvalue weighted by Gasteiger charge is 2.45. The van der Waals surface area contributed by atoms with Gasteiger partial charge in [-0.1, -0.05) is 12.5 Å². The van der Waals surface area contributed by atoms with Gasteiger partial charge in [0.2, 0.25) is 5.91 Å². The number of halogens is 3. The number of benzene rings is 1. The van der Waals surface area contributed by atoms with E-state index in [9.17, 15) is 13.6 Å². The minimum Gasteiger partial charge on any atom is -0.352 e. The van der Waals surface area contributed by atoms with E-state index in [0.29, 0.717) is 18.3 Å². The summed E-state index contributed by atoms with van der Waals surface area (Å²) in [7, 11) is 0. The smallest absolute Gasteiger partial charge is 0.223 e. The lowest BCUT2D eigenvalue weighted by Gasteiger charge is -2.43. The Morgan fingerprint density at radius 2 is 1.68 bits per heavy atom. The first-order valence-electron chi connectivity index (χ1n) is 9.04. The first kappa shape index (κ1) is 18.6. The average molecular weight is 371 g/mol. The molecule has 0 aromatic heterocycles. The van der Waals surface area contributed by atoms with Gasteiger partial charge in [0.05, 0.1) is 0 Å². The molecule has 0 aliphatic heterocycles. The van der Waals surface area contributed by atoms with Crippen LogP contribution < -0.4 is 11.1 Å². The molecule has 1 aromatic rings. The molecule has 3 nitrogen and oxygen atoms in total. The van der Waals surface area contributed by atoms with Gasteiger partial charge in [0.25, 0.3) is 0 Å². The fourth-order valence-corrected chi connectivity index (χ4v) is 4.84. The molecule has 0 spiro atoms. The second-order valence-corrected chi connectivity index (χ2v) is 7.79. The van der Waals surface area contributed by atoms with Gasteiger partial charge in [-0.05, 0) is 56.1 Å². The summed E-state index contributed by atoms with van der Waals surface area (Å²) in [5, 5.41) is 3.02. The fourth-order valence-electron chi connectivity index (χ4n) is 4.84. The number of nitrogens with one attached hydrogen (secondary N) is 1. The van der Waals surface area contributed by atoms with E-state index < -0.39 is 11.6 Å². The zero-order chi connectivity index (χ0) is 16.8. The van der Waals surface area contributed by atoms with Crippen molar-refractivity contribution in [2.45, 2.75) is 56.5 Å². The number of rotatable bonds is 3. The minimum absolute atomic E-state index is 0. The van der Waals surface area contributed by atoms with Crippen LogP contribution in [0.15, 0.2) is 18.2 Å². The van der Waals surface area contributed by atoms with Crippen molar-refractivity contribution in [2.75, 3.05) is 0 Å². The topological polar surface area (TPSA) is 55.1 Å². The quantitative estimate of drug-likeness (QED) is 0.855. The normalized spacial score (nSPS) is 36.3. The van der Waals surface area contributed by atoms with Crippen LogP contribution in [-0.2, 0) is 4.79 Å². The maximum absolute atomic E-state index is 13.8. The summed E-state index contributed by atoms with van der Waals surface area (Å²) in [6, 6.07) is 4.02. The Morgan fingerprint density at radius 1 is 1.08 bits per heavy atom. The predicted octanol–water partition coefficient (Wildman–Crippen LogP) is 3.51. The maximum atomic E-state index is 13.8. The number of hydrogen-bond acceptors (Lipinski definition) is 2. The molecule has 25 heavy (non-hydrogen) atoms. The third-order valence-corrected chi connectivity index (χ3v) is 6.27. The number of carbonyl (C=O) groups is 1. The third-order valence-electron chi connectivity index (χ3n) is 6.27. The van der Waals surface area contributed by atoms with Crippen molar-refractivity contribution in [1.29, 1.82) is 0 Å². The highest BCUT2D eigenvalue weighted by atomic mass is 35.5. The van der Waals surface area contributed by atoms with Crippen molar-refractivity contribution in [3.63, 3.8) is 0 Å². The van der Waals surface area contributed by atoms with Crippen molar-refractivity contribution >= 4 is 18.3 Å². The van der Waals surface area contributed by atoms with E-state index in [2.05, 4.69) is 5.32 Å².